The number of hydrogen-bond acceptors (Lipinski definition) is 3. The summed E-state index contributed by atoms with van der Waals surface area (Å²) in [7, 11) is -3.38. The summed E-state index contributed by atoms with van der Waals surface area (Å²) < 4.78 is 40.1. The molecule has 4 nitrogen and oxygen atoms in total. The van der Waals surface area contributed by atoms with Crippen molar-refractivity contribution in [1.29, 1.82) is 0 Å². The molecular weight excluding hydrogens is 351 g/mol. The molecule has 0 radical (unpaired) electrons. The van der Waals surface area contributed by atoms with Crippen LogP contribution in [0.1, 0.15) is 24.0 Å². The number of sulfonamides is 1. The fourth-order valence-electron chi connectivity index (χ4n) is 3.33. The van der Waals surface area contributed by atoms with Crippen molar-refractivity contribution in [1.82, 2.24) is 9.62 Å². The van der Waals surface area contributed by atoms with E-state index in [2.05, 4.69) is 5.32 Å². The first-order chi connectivity index (χ1) is 12.5. The van der Waals surface area contributed by atoms with Crippen LogP contribution in [0, 0.1) is 18.7 Å². The fourth-order valence-corrected chi connectivity index (χ4v) is 4.82. The van der Waals surface area contributed by atoms with Crippen molar-refractivity contribution in [2.45, 2.75) is 31.2 Å². The van der Waals surface area contributed by atoms with Crippen molar-refractivity contribution in [3.63, 3.8) is 0 Å². The molecule has 0 atom stereocenters. The van der Waals surface area contributed by atoms with Crippen LogP contribution in [-0.4, -0.2) is 32.4 Å². The highest BCUT2D eigenvalue weighted by Gasteiger charge is 2.28. The van der Waals surface area contributed by atoms with Crippen LogP contribution in [0.4, 0.5) is 4.39 Å². The zero-order valence-corrected chi connectivity index (χ0v) is 15.8. The molecule has 0 saturated carbocycles. The number of halogens is 1. The zero-order valence-electron chi connectivity index (χ0n) is 15.0. The molecule has 0 spiro atoms. The fraction of sp³-hybridized carbons (Fsp3) is 0.400. The standard InChI is InChI=1S/C20H25FN2O2S/c1-16-13-18(7-8-20(16)21)15-22-14-17-9-11-23(12-10-17)26(24,25)19-5-3-2-4-6-19/h2-8,13,17,22H,9-12,14-15H2,1H3. The highest BCUT2D eigenvalue weighted by molar-refractivity contribution is 7.89. The predicted molar refractivity (Wildman–Crippen MR) is 101 cm³/mol. The van der Waals surface area contributed by atoms with Gasteiger partial charge < -0.3 is 5.32 Å². The van der Waals surface area contributed by atoms with E-state index >= 15 is 0 Å². The van der Waals surface area contributed by atoms with Crippen LogP contribution in [0.5, 0.6) is 0 Å². The summed E-state index contributed by atoms with van der Waals surface area (Å²) in [5.41, 5.74) is 1.72. The summed E-state index contributed by atoms with van der Waals surface area (Å²) in [6.07, 6.45) is 1.70. The maximum absolute atomic E-state index is 13.3. The molecule has 3 rings (SSSR count). The molecule has 1 aliphatic heterocycles. The Balaban J connectivity index is 1.47. The van der Waals surface area contributed by atoms with Crippen LogP contribution >= 0.6 is 0 Å². The maximum atomic E-state index is 13.3. The molecule has 0 aromatic heterocycles. The zero-order chi connectivity index (χ0) is 18.6. The molecule has 2 aromatic carbocycles. The summed E-state index contributed by atoms with van der Waals surface area (Å²) in [6.45, 7) is 4.42. The summed E-state index contributed by atoms with van der Waals surface area (Å²) in [6, 6.07) is 13.8. The lowest BCUT2D eigenvalue weighted by molar-refractivity contribution is 0.267. The van der Waals surface area contributed by atoms with Gasteiger partial charge in [-0.25, -0.2) is 12.8 Å². The van der Waals surface area contributed by atoms with Crippen LogP contribution in [0.25, 0.3) is 0 Å². The van der Waals surface area contributed by atoms with Crippen molar-refractivity contribution < 1.29 is 12.8 Å². The van der Waals surface area contributed by atoms with E-state index in [1.807, 2.05) is 12.1 Å². The van der Waals surface area contributed by atoms with Crippen LogP contribution in [0.3, 0.4) is 0 Å². The van der Waals surface area contributed by atoms with E-state index in [-0.39, 0.29) is 5.82 Å². The SMILES string of the molecule is Cc1cc(CNCC2CCN(S(=O)(=O)c3ccccc3)CC2)ccc1F. The molecule has 140 valence electrons. The van der Waals surface area contributed by atoms with Gasteiger partial charge >= 0.3 is 0 Å². The first kappa shape index (κ1) is 19.0. The minimum Gasteiger partial charge on any atom is -0.312 e. The minimum absolute atomic E-state index is 0.180. The number of aryl methyl sites for hydroxylation is 1. The van der Waals surface area contributed by atoms with E-state index in [9.17, 15) is 12.8 Å². The third-order valence-electron chi connectivity index (χ3n) is 4.94. The summed E-state index contributed by atoms with van der Waals surface area (Å²) in [4.78, 5) is 0.364. The monoisotopic (exact) mass is 376 g/mol. The molecule has 1 fully saturated rings. The van der Waals surface area contributed by atoms with Gasteiger partial charge in [0, 0.05) is 19.6 Å². The van der Waals surface area contributed by atoms with Crippen molar-refractivity contribution in [3.8, 4) is 0 Å². The second-order valence-corrected chi connectivity index (χ2v) is 8.81. The van der Waals surface area contributed by atoms with E-state index in [1.165, 1.54) is 6.07 Å². The van der Waals surface area contributed by atoms with Crippen molar-refractivity contribution in [2.75, 3.05) is 19.6 Å². The molecule has 2 aromatic rings. The van der Waals surface area contributed by atoms with Crippen LogP contribution in [-0.2, 0) is 16.6 Å². The van der Waals surface area contributed by atoms with Gasteiger partial charge in [0.2, 0.25) is 10.0 Å². The van der Waals surface area contributed by atoms with Crippen molar-refractivity contribution in [3.05, 3.63) is 65.5 Å². The average Bonchev–Trinajstić information content (AvgIpc) is 2.66. The molecule has 0 aliphatic carbocycles. The van der Waals surface area contributed by atoms with E-state index in [0.29, 0.717) is 36.0 Å². The number of nitrogens with one attached hydrogen (secondary N) is 1. The maximum Gasteiger partial charge on any atom is 0.243 e. The van der Waals surface area contributed by atoms with E-state index in [1.54, 1.807) is 41.6 Å². The van der Waals surface area contributed by atoms with Gasteiger partial charge in [0.1, 0.15) is 5.82 Å². The lowest BCUT2D eigenvalue weighted by Crippen LogP contribution is -2.40. The Labute approximate surface area is 155 Å². The van der Waals surface area contributed by atoms with Gasteiger partial charge in [0.25, 0.3) is 0 Å². The van der Waals surface area contributed by atoms with Crippen LogP contribution < -0.4 is 5.32 Å². The third-order valence-corrected chi connectivity index (χ3v) is 6.85. The molecule has 1 aliphatic rings. The molecule has 6 heteroatoms. The number of hydrogen-bond donors (Lipinski definition) is 1. The first-order valence-electron chi connectivity index (χ1n) is 8.98. The first-order valence-corrected chi connectivity index (χ1v) is 10.4. The molecule has 1 saturated heterocycles. The summed E-state index contributed by atoms with van der Waals surface area (Å²) in [5, 5.41) is 3.41. The lowest BCUT2D eigenvalue weighted by atomic mass is 9.98. The number of benzene rings is 2. The lowest BCUT2D eigenvalue weighted by Gasteiger charge is -2.31. The second kappa shape index (κ2) is 8.29. The van der Waals surface area contributed by atoms with Gasteiger partial charge in [0.15, 0.2) is 0 Å². The highest BCUT2D eigenvalue weighted by atomic mass is 32.2. The normalized spacial score (nSPS) is 16.7. The number of nitrogens with zero attached hydrogens (tertiary/aromatic N) is 1. The van der Waals surface area contributed by atoms with Gasteiger partial charge in [-0.05, 0) is 61.6 Å². The van der Waals surface area contributed by atoms with Gasteiger partial charge in [-0.3, -0.25) is 0 Å². The molecule has 1 heterocycles. The largest absolute Gasteiger partial charge is 0.312 e. The summed E-state index contributed by atoms with van der Waals surface area (Å²) >= 11 is 0. The van der Waals surface area contributed by atoms with Crippen LogP contribution in [0.2, 0.25) is 0 Å². The third kappa shape index (κ3) is 4.50. The molecule has 1 N–H and O–H groups in total. The Morgan fingerprint density at radius 1 is 1.12 bits per heavy atom. The summed E-state index contributed by atoms with van der Waals surface area (Å²) in [5.74, 6) is 0.277. The Morgan fingerprint density at radius 2 is 1.81 bits per heavy atom. The van der Waals surface area contributed by atoms with Gasteiger partial charge in [-0.2, -0.15) is 4.31 Å². The number of rotatable bonds is 6. The Kier molecular flexibility index (Phi) is 6.06. The van der Waals surface area contributed by atoms with Crippen molar-refractivity contribution in [2.24, 2.45) is 5.92 Å². The molecular formula is C20H25FN2O2S. The van der Waals surface area contributed by atoms with E-state index in [0.717, 1.165) is 24.9 Å². The smallest absolute Gasteiger partial charge is 0.243 e. The van der Waals surface area contributed by atoms with E-state index < -0.39 is 10.0 Å². The van der Waals surface area contributed by atoms with E-state index in [4.69, 9.17) is 0 Å². The van der Waals surface area contributed by atoms with Gasteiger partial charge in [0.05, 0.1) is 4.90 Å². The number of piperidine rings is 1. The van der Waals surface area contributed by atoms with Gasteiger partial charge in [-0.1, -0.05) is 30.3 Å². The Bertz CT molecular complexity index is 832. The highest BCUT2D eigenvalue weighted by Crippen LogP contribution is 2.23. The quantitative estimate of drug-likeness (QED) is 0.841. The Hall–Kier alpha value is -1.76. The second-order valence-electron chi connectivity index (χ2n) is 6.87. The minimum atomic E-state index is -3.38. The van der Waals surface area contributed by atoms with Crippen LogP contribution in [0.15, 0.2) is 53.4 Å². The van der Waals surface area contributed by atoms with Crippen molar-refractivity contribution >= 4 is 10.0 Å². The Morgan fingerprint density at radius 3 is 2.46 bits per heavy atom. The molecule has 0 bridgehead atoms. The van der Waals surface area contributed by atoms with Gasteiger partial charge in [-0.15, -0.1) is 0 Å². The molecule has 0 amide bonds. The predicted octanol–water partition coefficient (Wildman–Crippen LogP) is 3.32. The molecule has 26 heavy (non-hydrogen) atoms. The topological polar surface area (TPSA) is 49.4 Å². The molecule has 0 unspecified atom stereocenters. The average molecular weight is 376 g/mol.